The SMILES string of the molecule is CC1CCCC(C)N1C(=O)COC(=O)CN(c1ccccc1)c1ccccc1. The van der Waals surface area contributed by atoms with Crippen LogP contribution >= 0.6 is 0 Å². The summed E-state index contributed by atoms with van der Waals surface area (Å²) in [4.78, 5) is 28.9. The highest BCUT2D eigenvalue weighted by atomic mass is 16.5. The Hall–Kier alpha value is -2.82. The lowest BCUT2D eigenvalue weighted by molar-refractivity contribution is -0.153. The molecule has 2 unspecified atom stereocenters. The zero-order valence-electron chi connectivity index (χ0n) is 16.6. The van der Waals surface area contributed by atoms with Crippen LogP contribution in [-0.4, -0.2) is 42.0 Å². The summed E-state index contributed by atoms with van der Waals surface area (Å²) in [5, 5.41) is 0. The van der Waals surface area contributed by atoms with Gasteiger partial charge >= 0.3 is 5.97 Å². The number of hydrogen-bond donors (Lipinski definition) is 0. The first-order chi connectivity index (χ1) is 13.6. The summed E-state index contributed by atoms with van der Waals surface area (Å²) in [5.74, 6) is -0.530. The lowest BCUT2D eigenvalue weighted by Crippen LogP contribution is -2.49. The summed E-state index contributed by atoms with van der Waals surface area (Å²) < 4.78 is 5.36. The van der Waals surface area contributed by atoms with Gasteiger partial charge in [0.2, 0.25) is 0 Å². The Kier molecular flexibility index (Phi) is 6.69. The number of hydrogen-bond acceptors (Lipinski definition) is 4. The number of benzene rings is 2. The molecule has 0 saturated carbocycles. The van der Waals surface area contributed by atoms with E-state index in [2.05, 4.69) is 13.8 Å². The lowest BCUT2D eigenvalue weighted by atomic mass is 9.97. The zero-order chi connectivity index (χ0) is 19.9. The third-order valence-corrected chi connectivity index (χ3v) is 5.26. The number of anilines is 2. The van der Waals surface area contributed by atoms with Gasteiger partial charge in [-0.2, -0.15) is 0 Å². The molecule has 148 valence electrons. The molecule has 1 aliphatic heterocycles. The van der Waals surface area contributed by atoms with Gasteiger partial charge in [0, 0.05) is 23.5 Å². The summed E-state index contributed by atoms with van der Waals surface area (Å²) in [6.07, 6.45) is 3.13. The molecule has 0 N–H and O–H groups in total. The number of rotatable bonds is 6. The molecule has 3 rings (SSSR count). The normalized spacial score (nSPS) is 19.1. The van der Waals surface area contributed by atoms with E-state index in [0.717, 1.165) is 30.6 Å². The van der Waals surface area contributed by atoms with Crippen LogP contribution in [-0.2, 0) is 14.3 Å². The van der Waals surface area contributed by atoms with E-state index in [1.165, 1.54) is 0 Å². The van der Waals surface area contributed by atoms with Crippen LogP contribution in [0.1, 0.15) is 33.1 Å². The van der Waals surface area contributed by atoms with Crippen LogP contribution in [0.15, 0.2) is 60.7 Å². The molecular weight excluding hydrogens is 352 g/mol. The van der Waals surface area contributed by atoms with Gasteiger partial charge in [-0.15, -0.1) is 0 Å². The minimum absolute atomic E-state index is 0.0480. The number of carbonyl (C=O) groups is 2. The number of para-hydroxylation sites is 2. The van der Waals surface area contributed by atoms with Crippen molar-refractivity contribution < 1.29 is 14.3 Å². The smallest absolute Gasteiger partial charge is 0.326 e. The van der Waals surface area contributed by atoms with Gasteiger partial charge in [-0.3, -0.25) is 9.59 Å². The summed E-state index contributed by atoms with van der Waals surface area (Å²) in [6, 6.07) is 19.8. The first kappa shape index (κ1) is 19.9. The van der Waals surface area contributed by atoms with Crippen molar-refractivity contribution in [2.45, 2.75) is 45.2 Å². The number of amides is 1. The van der Waals surface area contributed by atoms with Gasteiger partial charge in [-0.05, 0) is 57.4 Å². The van der Waals surface area contributed by atoms with Crippen LogP contribution in [0.2, 0.25) is 0 Å². The molecule has 5 nitrogen and oxygen atoms in total. The second-order valence-corrected chi connectivity index (χ2v) is 7.35. The molecule has 0 aliphatic carbocycles. The van der Waals surface area contributed by atoms with E-state index in [-0.39, 0.29) is 31.1 Å². The quantitative estimate of drug-likeness (QED) is 0.706. The second-order valence-electron chi connectivity index (χ2n) is 7.35. The topological polar surface area (TPSA) is 49.9 Å². The Balaban J connectivity index is 1.63. The number of likely N-dealkylation sites (tertiary alicyclic amines) is 1. The Morgan fingerprint density at radius 1 is 0.929 bits per heavy atom. The number of ether oxygens (including phenoxy) is 1. The molecule has 1 saturated heterocycles. The predicted octanol–water partition coefficient (Wildman–Crippen LogP) is 4.16. The fraction of sp³-hybridized carbons (Fsp3) is 0.391. The minimum atomic E-state index is -0.418. The van der Waals surface area contributed by atoms with Crippen LogP contribution < -0.4 is 4.90 Å². The predicted molar refractivity (Wildman–Crippen MR) is 110 cm³/mol. The molecule has 1 aliphatic rings. The second kappa shape index (κ2) is 9.40. The first-order valence-electron chi connectivity index (χ1n) is 9.90. The molecule has 2 atom stereocenters. The van der Waals surface area contributed by atoms with Gasteiger partial charge in [-0.25, -0.2) is 0 Å². The van der Waals surface area contributed by atoms with Gasteiger partial charge in [0.05, 0.1) is 0 Å². The largest absolute Gasteiger partial charge is 0.454 e. The third-order valence-electron chi connectivity index (χ3n) is 5.26. The van der Waals surface area contributed by atoms with Gasteiger partial charge in [0.15, 0.2) is 6.61 Å². The fourth-order valence-corrected chi connectivity index (χ4v) is 3.85. The number of piperidine rings is 1. The van der Waals surface area contributed by atoms with E-state index in [0.29, 0.717) is 0 Å². The number of esters is 1. The maximum absolute atomic E-state index is 12.6. The molecule has 0 aromatic heterocycles. The average Bonchev–Trinajstić information content (AvgIpc) is 2.71. The van der Waals surface area contributed by atoms with E-state index in [4.69, 9.17) is 4.74 Å². The monoisotopic (exact) mass is 380 g/mol. The molecule has 1 amide bonds. The molecule has 5 heteroatoms. The van der Waals surface area contributed by atoms with Crippen molar-refractivity contribution in [2.24, 2.45) is 0 Å². The Morgan fingerprint density at radius 2 is 1.43 bits per heavy atom. The van der Waals surface area contributed by atoms with E-state index in [1.807, 2.05) is 70.5 Å². The molecule has 0 bridgehead atoms. The van der Waals surface area contributed by atoms with Crippen molar-refractivity contribution in [3.05, 3.63) is 60.7 Å². The molecule has 1 heterocycles. The van der Waals surface area contributed by atoms with Gasteiger partial charge < -0.3 is 14.5 Å². The van der Waals surface area contributed by atoms with E-state index in [9.17, 15) is 9.59 Å². The van der Waals surface area contributed by atoms with Gasteiger partial charge in [-0.1, -0.05) is 36.4 Å². The zero-order valence-corrected chi connectivity index (χ0v) is 16.6. The van der Waals surface area contributed by atoms with Crippen LogP contribution in [0.3, 0.4) is 0 Å². The summed E-state index contributed by atoms with van der Waals surface area (Å²) in [7, 11) is 0. The highest BCUT2D eigenvalue weighted by Gasteiger charge is 2.29. The fourth-order valence-electron chi connectivity index (χ4n) is 3.85. The van der Waals surface area contributed by atoms with Crippen molar-refractivity contribution in [1.29, 1.82) is 0 Å². The lowest BCUT2D eigenvalue weighted by Gasteiger charge is -2.38. The molecular formula is C23H28N2O3. The third kappa shape index (κ3) is 4.91. The summed E-state index contributed by atoms with van der Waals surface area (Å²) >= 11 is 0. The maximum atomic E-state index is 12.6. The van der Waals surface area contributed by atoms with Crippen LogP contribution in [0.5, 0.6) is 0 Å². The first-order valence-corrected chi connectivity index (χ1v) is 9.90. The number of carbonyl (C=O) groups excluding carboxylic acids is 2. The maximum Gasteiger partial charge on any atom is 0.326 e. The van der Waals surface area contributed by atoms with Crippen molar-refractivity contribution in [3.63, 3.8) is 0 Å². The molecule has 2 aromatic carbocycles. The van der Waals surface area contributed by atoms with Gasteiger partial charge in [0.25, 0.3) is 5.91 Å². The van der Waals surface area contributed by atoms with Crippen molar-refractivity contribution in [3.8, 4) is 0 Å². The van der Waals surface area contributed by atoms with E-state index >= 15 is 0 Å². The van der Waals surface area contributed by atoms with Crippen molar-refractivity contribution >= 4 is 23.3 Å². The average molecular weight is 380 g/mol. The standard InChI is InChI=1S/C23H28N2O3/c1-18-10-9-11-19(2)25(18)22(26)17-28-23(27)16-24(20-12-5-3-6-13-20)21-14-7-4-8-15-21/h3-8,12-15,18-19H,9-11,16-17H2,1-2H3. The van der Waals surface area contributed by atoms with E-state index < -0.39 is 5.97 Å². The molecule has 0 spiro atoms. The van der Waals surface area contributed by atoms with Crippen LogP contribution in [0.25, 0.3) is 0 Å². The summed E-state index contributed by atoms with van der Waals surface area (Å²) in [5.41, 5.74) is 1.80. The van der Waals surface area contributed by atoms with Crippen LogP contribution in [0, 0.1) is 0 Å². The molecule has 2 aromatic rings. The summed E-state index contributed by atoms with van der Waals surface area (Å²) in [6.45, 7) is 3.96. The Morgan fingerprint density at radius 3 is 1.93 bits per heavy atom. The van der Waals surface area contributed by atoms with Gasteiger partial charge in [0.1, 0.15) is 6.54 Å². The Bertz CT molecular complexity index is 729. The van der Waals surface area contributed by atoms with Crippen molar-refractivity contribution in [1.82, 2.24) is 4.90 Å². The molecule has 1 fully saturated rings. The molecule has 0 radical (unpaired) electrons. The highest BCUT2D eigenvalue weighted by Crippen LogP contribution is 2.25. The van der Waals surface area contributed by atoms with Crippen molar-refractivity contribution in [2.75, 3.05) is 18.1 Å². The molecule has 28 heavy (non-hydrogen) atoms. The number of nitrogens with zero attached hydrogens (tertiary/aromatic N) is 2. The van der Waals surface area contributed by atoms with Crippen LogP contribution in [0.4, 0.5) is 11.4 Å². The minimum Gasteiger partial charge on any atom is -0.454 e. The Labute approximate surface area is 166 Å². The van der Waals surface area contributed by atoms with E-state index in [1.54, 1.807) is 0 Å². The highest BCUT2D eigenvalue weighted by molar-refractivity contribution is 5.84.